The summed E-state index contributed by atoms with van der Waals surface area (Å²) in [6, 6.07) is 4.38. The molecule has 0 aliphatic heterocycles. The van der Waals surface area contributed by atoms with Gasteiger partial charge in [-0.05, 0) is 55.4 Å². The van der Waals surface area contributed by atoms with E-state index in [0.29, 0.717) is 0 Å². The van der Waals surface area contributed by atoms with E-state index in [1.165, 1.54) is 43.2 Å². The molecule has 1 unspecified atom stereocenters. The Bertz CT molecular complexity index is 408. The van der Waals surface area contributed by atoms with Gasteiger partial charge in [-0.25, -0.2) is 0 Å². The van der Waals surface area contributed by atoms with Crippen molar-refractivity contribution < 1.29 is 0 Å². The Morgan fingerprint density at radius 3 is 2.56 bits per heavy atom. The van der Waals surface area contributed by atoms with Gasteiger partial charge in [0.05, 0.1) is 0 Å². The van der Waals surface area contributed by atoms with Crippen LogP contribution >= 0.6 is 11.6 Å². The van der Waals surface area contributed by atoms with Crippen LogP contribution in [0.25, 0.3) is 0 Å². The fourth-order valence-electron chi connectivity index (χ4n) is 3.07. The van der Waals surface area contributed by atoms with E-state index in [0.717, 1.165) is 22.9 Å². The summed E-state index contributed by atoms with van der Waals surface area (Å²) < 4.78 is 0. The zero-order chi connectivity index (χ0) is 13.1. The first-order valence-electron chi connectivity index (χ1n) is 7.10. The number of hydrogen-bond donors (Lipinski definition) is 1. The summed E-state index contributed by atoms with van der Waals surface area (Å²) >= 11 is 6.13. The molecule has 1 saturated carbocycles. The molecule has 1 fully saturated rings. The van der Waals surface area contributed by atoms with Crippen molar-refractivity contribution in [1.29, 1.82) is 0 Å². The summed E-state index contributed by atoms with van der Waals surface area (Å²) in [5.74, 6) is 0.921. The number of halogens is 1. The molecule has 0 amide bonds. The van der Waals surface area contributed by atoms with Crippen LogP contribution in [0.15, 0.2) is 12.1 Å². The first-order chi connectivity index (χ1) is 8.58. The quantitative estimate of drug-likeness (QED) is 0.821. The first kappa shape index (κ1) is 13.9. The van der Waals surface area contributed by atoms with Gasteiger partial charge in [-0.2, -0.15) is 0 Å². The number of rotatable bonds is 4. The summed E-state index contributed by atoms with van der Waals surface area (Å²) in [6.45, 7) is 4.16. The fraction of sp³-hybridized carbons (Fsp3) is 0.625. The van der Waals surface area contributed by atoms with Crippen molar-refractivity contribution in [2.24, 2.45) is 11.7 Å². The second-order valence-corrected chi connectivity index (χ2v) is 6.20. The molecule has 0 spiro atoms. The Morgan fingerprint density at radius 1 is 1.22 bits per heavy atom. The van der Waals surface area contributed by atoms with E-state index < -0.39 is 0 Å². The monoisotopic (exact) mass is 265 g/mol. The molecule has 1 aromatic rings. The Hall–Kier alpha value is -0.530. The van der Waals surface area contributed by atoms with E-state index >= 15 is 0 Å². The Balaban J connectivity index is 1.99. The van der Waals surface area contributed by atoms with Crippen LogP contribution in [-0.4, -0.2) is 0 Å². The summed E-state index contributed by atoms with van der Waals surface area (Å²) in [4.78, 5) is 0. The Labute approximate surface area is 116 Å². The van der Waals surface area contributed by atoms with Gasteiger partial charge in [-0.1, -0.05) is 43.4 Å². The molecule has 2 N–H and O–H groups in total. The molecule has 2 rings (SSSR count). The fourth-order valence-corrected chi connectivity index (χ4v) is 3.29. The predicted octanol–water partition coefficient (Wildman–Crippen LogP) is 4.93. The normalized spacial score (nSPS) is 18.2. The number of hydrogen-bond acceptors (Lipinski definition) is 1. The molecule has 18 heavy (non-hydrogen) atoms. The third-order valence-electron chi connectivity index (χ3n) is 4.31. The molecule has 100 valence electrons. The average molecular weight is 266 g/mol. The lowest BCUT2D eigenvalue weighted by atomic mass is 9.92. The lowest BCUT2D eigenvalue weighted by Gasteiger charge is -2.18. The van der Waals surface area contributed by atoms with Gasteiger partial charge >= 0.3 is 0 Å². The van der Waals surface area contributed by atoms with Crippen molar-refractivity contribution in [1.82, 2.24) is 0 Å². The second-order valence-electron chi connectivity index (χ2n) is 5.79. The first-order valence-corrected chi connectivity index (χ1v) is 7.48. The van der Waals surface area contributed by atoms with Crippen LogP contribution in [0.1, 0.15) is 61.3 Å². The highest BCUT2D eigenvalue weighted by Crippen LogP contribution is 2.32. The smallest absolute Gasteiger partial charge is 0.0438 e. The van der Waals surface area contributed by atoms with Gasteiger partial charge in [0.1, 0.15) is 0 Å². The molecule has 0 saturated heterocycles. The minimum atomic E-state index is 0.168. The van der Waals surface area contributed by atoms with Gasteiger partial charge in [0.2, 0.25) is 0 Å². The molecule has 1 atom stereocenters. The second kappa shape index (κ2) is 6.08. The molecule has 1 aromatic carbocycles. The summed E-state index contributed by atoms with van der Waals surface area (Å²) in [7, 11) is 0. The van der Waals surface area contributed by atoms with Crippen molar-refractivity contribution in [3.05, 3.63) is 33.8 Å². The Morgan fingerprint density at radius 2 is 1.89 bits per heavy atom. The molecular formula is C16H24ClN. The molecule has 0 radical (unpaired) electrons. The van der Waals surface area contributed by atoms with Gasteiger partial charge in [-0.3, -0.25) is 0 Å². The maximum Gasteiger partial charge on any atom is 0.0438 e. The molecule has 0 heterocycles. The van der Waals surface area contributed by atoms with Crippen LogP contribution in [0.5, 0.6) is 0 Å². The predicted molar refractivity (Wildman–Crippen MR) is 79.0 cm³/mol. The molecular weight excluding hydrogens is 242 g/mol. The maximum absolute atomic E-state index is 6.35. The average Bonchev–Trinajstić information content (AvgIpc) is 2.84. The molecule has 1 nitrogen and oxygen atoms in total. The minimum Gasteiger partial charge on any atom is -0.324 e. The summed E-state index contributed by atoms with van der Waals surface area (Å²) in [6.07, 6.45) is 8.03. The van der Waals surface area contributed by atoms with Crippen molar-refractivity contribution in [3.8, 4) is 0 Å². The van der Waals surface area contributed by atoms with Crippen molar-refractivity contribution in [2.75, 3.05) is 0 Å². The van der Waals surface area contributed by atoms with E-state index in [9.17, 15) is 0 Å². The van der Waals surface area contributed by atoms with E-state index in [2.05, 4.69) is 19.9 Å². The van der Waals surface area contributed by atoms with Gasteiger partial charge in [0.25, 0.3) is 0 Å². The lowest BCUT2D eigenvalue weighted by molar-refractivity contribution is 0.453. The molecule has 1 aliphatic rings. The SMILES string of the molecule is Cc1cc(C(N)CCC2CCCC2)c(C)cc1Cl. The van der Waals surface area contributed by atoms with Crippen LogP contribution in [0.2, 0.25) is 5.02 Å². The minimum absolute atomic E-state index is 0.168. The van der Waals surface area contributed by atoms with E-state index in [-0.39, 0.29) is 6.04 Å². The van der Waals surface area contributed by atoms with Gasteiger partial charge in [0.15, 0.2) is 0 Å². The van der Waals surface area contributed by atoms with E-state index in [4.69, 9.17) is 17.3 Å². The van der Waals surface area contributed by atoms with Crippen LogP contribution in [0.3, 0.4) is 0 Å². The zero-order valence-electron chi connectivity index (χ0n) is 11.5. The van der Waals surface area contributed by atoms with E-state index in [1.807, 2.05) is 6.07 Å². The Kier molecular flexibility index (Phi) is 4.69. The number of aryl methyl sites for hydroxylation is 2. The van der Waals surface area contributed by atoms with Crippen LogP contribution < -0.4 is 5.73 Å². The van der Waals surface area contributed by atoms with Crippen molar-refractivity contribution in [2.45, 2.75) is 58.4 Å². The van der Waals surface area contributed by atoms with Crippen molar-refractivity contribution >= 4 is 11.6 Å². The highest BCUT2D eigenvalue weighted by atomic mass is 35.5. The van der Waals surface area contributed by atoms with E-state index in [1.54, 1.807) is 0 Å². The maximum atomic E-state index is 6.35. The molecule has 0 bridgehead atoms. The number of nitrogens with two attached hydrogens (primary N) is 1. The highest BCUT2D eigenvalue weighted by Gasteiger charge is 2.17. The lowest BCUT2D eigenvalue weighted by Crippen LogP contribution is -2.13. The third-order valence-corrected chi connectivity index (χ3v) is 4.71. The van der Waals surface area contributed by atoms with Gasteiger partial charge < -0.3 is 5.73 Å². The van der Waals surface area contributed by atoms with Crippen LogP contribution in [-0.2, 0) is 0 Å². The summed E-state index contributed by atoms with van der Waals surface area (Å²) in [5, 5.41) is 0.847. The van der Waals surface area contributed by atoms with Gasteiger partial charge in [0, 0.05) is 11.1 Å². The zero-order valence-corrected chi connectivity index (χ0v) is 12.3. The number of benzene rings is 1. The van der Waals surface area contributed by atoms with Crippen LogP contribution in [0, 0.1) is 19.8 Å². The summed E-state index contributed by atoms with van der Waals surface area (Å²) in [5.41, 5.74) is 9.98. The molecule has 0 aromatic heterocycles. The largest absolute Gasteiger partial charge is 0.324 e. The molecule has 2 heteroatoms. The third kappa shape index (κ3) is 3.27. The topological polar surface area (TPSA) is 26.0 Å². The molecule has 1 aliphatic carbocycles. The highest BCUT2D eigenvalue weighted by molar-refractivity contribution is 6.31. The van der Waals surface area contributed by atoms with Gasteiger partial charge in [-0.15, -0.1) is 0 Å². The van der Waals surface area contributed by atoms with Crippen LogP contribution in [0.4, 0.5) is 0 Å². The standard InChI is InChI=1S/C16H24ClN/c1-11-10-15(17)12(2)9-14(11)16(18)8-7-13-5-3-4-6-13/h9-10,13,16H,3-8,18H2,1-2H3. The van der Waals surface area contributed by atoms with Crippen molar-refractivity contribution in [3.63, 3.8) is 0 Å².